The highest BCUT2D eigenvalue weighted by atomic mass is 19.1. The van der Waals surface area contributed by atoms with Gasteiger partial charge in [-0.15, -0.1) is 0 Å². The van der Waals surface area contributed by atoms with Gasteiger partial charge in [0.2, 0.25) is 0 Å². The summed E-state index contributed by atoms with van der Waals surface area (Å²) in [7, 11) is 0. The summed E-state index contributed by atoms with van der Waals surface area (Å²) in [4.78, 5) is 0. The second kappa shape index (κ2) is 5.85. The van der Waals surface area contributed by atoms with Crippen molar-refractivity contribution in [3.63, 3.8) is 0 Å². The van der Waals surface area contributed by atoms with Crippen molar-refractivity contribution in [1.29, 1.82) is 0 Å². The van der Waals surface area contributed by atoms with Gasteiger partial charge in [0.1, 0.15) is 18.2 Å². The molecular formula is C16H17FO2. The number of benzene rings is 2. The third kappa shape index (κ3) is 3.55. The molecule has 0 saturated heterocycles. The molecule has 19 heavy (non-hydrogen) atoms. The van der Waals surface area contributed by atoms with E-state index < -0.39 is 11.9 Å². The molecule has 0 spiro atoms. The van der Waals surface area contributed by atoms with Crippen molar-refractivity contribution in [2.45, 2.75) is 26.6 Å². The molecule has 1 atom stereocenters. The zero-order valence-corrected chi connectivity index (χ0v) is 11.1. The van der Waals surface area contributed by atoms with Crippen LogP contribution >= 0.6 is 0 Å². The van der Waals surface area contributed by atoms with Crippen LogP contribution in [-0.4, -0.2) is 5.11 Å². The Kier molecular flexibility index (Phi) is 4.17. The first-order chi connectivity index (χ1) is 9.06. The lowest BCUT2D eigenvalue weighted by Crippen LogP contribution is -1.99. The smallest absolute Gasteiger partial charge is 0.132 e. The fourth-order valence-electron chi connectivity index (χ4n) is 1.91. The van der Waals surface area contributed by atoms with Crippen molar-refractivity contribution < 1.29 is 14.2 Å². The van der Waals surface area contributed by atoms with E-state index in [0.717, 1.165) is 11.1 Å². The molecule has 2 nitrogen and oxygen atoms in total. The highest BCUT2D eigenvalue weighted by molar-refractivity contribution is 5.30. The zero-order chi connectivity index (χ0) is 13.8. The van der Waals surface area contributed by atoms with Gasteiger partial charge in [0.05, 0.1) is 6.10 Å². The molecule has 3 heteroatoms. The van der Waals surface area contributed by atoms with E-state index in [-0.39, 0.29) is 5.56 Å². The fourth-order valence-corrected chi connectivity index (χ4v) is 1.91. The molecule has 0 aliphatic carbocycles. The molecule has 0 bridgehead atoms. The number of aryl methyl sites for hydroxylation is 1. The van der Waals surface area contributed by atoms with Crippen molar-refractivity contribution >= 4 is 0 Å². The van der Waals surface area contributed by atoms with Crippen LogP contribution in [0.25, 0.3) is 0 Å². The van der Waals surface area contributed by atoms with Crippen LogP contribution in [0.3, 0.4) is 0 Å². The largest absolute Gasteiger partial charge is 0.489 e. The topological polar surface area (TPSA) is 29.5 Å². The van der Waals surface area contributed by atoms with E-state index in [1.807, 2.05) is 31.2 Å². The molecule has 2 rings (SSSR count). The molecular weight excluding hydrogens is 243 g/mol. The molecule has 1 N–H and O–H groups in total. The molecule has 0 fully saturated rings. The van der Waals surface area contributed by atoms with Crippen molar-refractivity contribution in [2.75, 3.05) is 0 Å². The lowest BCUT2D eigenvalue weighted by atomic mass is 10.1. The highest BCUT2D eigenvalue weighted by Crippen LogP contribution is 2.22. The second-order valence-corrected chi connectivity index (χ2v) is 4.64. The molecule has 0 unspecified atom stereocenters. The summed E-state index contributed by atoms with van der Waals surface area (Å²) in [5.41, 5.74) is 2.49. The van der Waals surface area contributed by atoms with Crippen LogP contribution in [0.1, 0.15) is 29.7 Å². The minimum atomic E-state index is -0.814. The standard InChI is InChI=1S/C16H17FO2/c1-11-4-3-5-13(8-11)10-19-14-6-7-15(12(2)18)16(17)9-14/h3-9,12,18H,10H2,1-2H3/t12-/m1/s1. The highest BCUT2D eigenvalue weighted by Gasteiger charge is 2.09. The molecule has 100 valence electrons. The summed E-state index contributed by atoms with van der Waals surface area (Å²) in [6.07, 6.45) is -0.814. The molecule has 0 aliphatic heterocycles. The quantitative estimate of drug-likeness (QED) is 0.906. The Hall–Kier alpha value is -1.87. The average Bonchev–Trinajstić information content (AvgIpc) is 2.36. The minimum absolute atomic E-state index is 0.280. The van der Waals surface area contributed by atoms with E-state index in [1.165, 1.54) is 13.0 Å². The predicted molar refractivity (Wildman–Crippen MR) is 72.5 cm³/mol. The Morgan fingerprint density at radius 3 is 2.63 bits per heavy atom. The van der Waals surface area contributed by atoms with Gasteiger partial charge in [-0.25, -0.2) is 4.39 Å². The Bertz CT molecular complexity index is 564. The van der Waals surface area contributed by atoms with E-state index >= 15 is 0 Å². The van der Waals surface area contributed by atoms with E-state index in [0.29, 0.717) is 12.4 Å². The van der Waals surface area contributed by atoms with Gasteiger partial charge in [0.25, 0.3) is 0 Å². The monoisotopic (exact) mass is 260 g/mol. The van der Waals surface area contributed by atoms with Gasteiger partial charge < -0.3 is 9.84 Å². The number of aliphatic hydroxyl groups is 1. The molecule has 0 aliphatic rings. The molecule has 0 amide bonds. The molecule has 0 saturated carbocycles. The Morgan fingerprint density at radius 2 is 2.00 bits per heavy atom. The van der Waals surface area contributed by atoms with Crippen molar-refractivity contribution in [1.82, 2.24) is 0 Å². The number of aliphatic hydroxyl groups excluding tert-OH is 1. The summed E-state index contributed by atoms with van der Waals surface area (Å²) in [6, 6.07) is 12.5. The maximum absolute atomic E-state index is 13.7. The first-order valence-corrected chi connectivity index (χ1v) is 6.22. The van der Waals surface area contributed by atoms with Crippen LogP contribution in [-0.2, 0) is 6.61 Å². The van der Waals surface area contributed by atoms with Gasteiger partial charge in [-0.05, 0) is 31.5 Å². The molecule has 2 aromatic carbocycles. The number of ether oxygens (including phenoxy) is 1. The van der Waals surface area contributed by atoms with Crippen LogP contribution < -0.4 is 4.74 Å². The van der Waals surface area contributed by atoms with E-state index in [9.17, 15) is 9.50 Å². The summed E-state index contributed by atoms with van der Waals surface area (Å²) in [5.74, 6) is 0.0140. The minimum Gasteiger partial charge on any atom is -0.489 e. The van der Waals surface area contributed by atoms with Crippen LogP contribution in [0, 0.1) is 12.7 Å². The SMILES string of the molecule is Cc1cccc(COc2ccc([C@@H](C)O)c(F)c2)c1. The molecule has 0 aromatic heterocycles. The Balaban J connectivity index is 2.06. The van der Waals surface area contributed by atoms with Crippen LogP contribution in [0.5, 0.6) is 5.75 Å². The van der Waals surface area contributed by atoms with Crippen LogP contribution in [0.2, 0.25) is 0 Å². The number of halogens is 1. The predicted octanol–water partition coefficient (Wildman–Crippen LogP) is 3.77. The second-order valence-electron chi connectivity index (χ2n) is 4.64. The maximum atomic E-state index is 13.7. The van der Waals surface area contributed by atoms with Crippen LogP contribution in [0.4, 0.5) is 4.39 Å². The van der Waals surface area contributed by atoms with E-state index in [1.54, 1.807) is 12.1 Å². The summed E-state index contributed by atoms with van der Waals surface area (Å²) in [5, 5.41) is 9.35. The average molecular weight is 260 g/mol. The summed E-state index contributed by atoms with van der Waals surface area (Å²) in [6.45, 7) is 3.95. The normalized spacial score (nSPS) is 12.2. The summed E-state index contributed by atoms with van der Waals surface area (Å²) >= 11 is 0. The summed E-state index contributed by atoms with van der Waals surface area (Å²) < 4.78 is 19.2. The number of hydrogen-bond acceptors (Lipinski definition) is 2. The van der Waals surface area contributed by atoms with Crippen molar-refractivity contribution in [2.24, 2.45) is 0 Å². The Labute approximate surface area is 112 Å². The molecule has 0 radical (unpaired) electrons. The Morgan fingerprint density at radius 1 is 1.21 bits per heavy atom. The van der Waals surface area contributed by atoms with Crippen LogP contribution in [0.15, 0.2) is 42.5 Å². The van der Waals surface area contributed by atoms with Gasteiger partial charge in [-0.2, -0.15) is 0 Å². The first-order valence-electron chi connectivity index (χ1n) is 6.22. The molecule has 2 aromatic rings. The number of hydrogen-bond donors (Lipinski definition) is 1. The van der Waals surface area contributed by atoms with Crippen molar-refractivity contribution in [3.8, 4) is 5.75 Å². The van der Waals surface area contributed by atoms with Gasteiger partial charge in [0, 0.05) is 11.6 Å². The van der Waals surface area contributed by atoms with Gasteiger partial charge in [-0.3, -0.25) is 0 Å². The lowest BCUT2D eigenvalue weighted by molar-refractivity contribution is 0.194. The first kappa shape index (κ1) is 13.6. The van der Waals surface area contributed by atoms with Gasteiger partial charge in [-0.1, -0.05) is 29.8 Å². The number of rotatable bonds is 4. The third-order valence-electron chi connectivity index (χ3n) is 2.91. The van der Waals surface area contributed by atoms with Gasteiger partial charge in [0.15, 0.2) is 0 Å². The van der Waals surface area contributed by atoms with E-state index in [4.69, 9.17) is 4.74 Å². The molecule has 0 heterocycles. The lowest BCUT2D eigenvalue weighted by Gasteiger charge is -2.10. The fraction of sp³-hybridized carbons (Fsp3) is 0.250. The van der Waals surface area contributed by atoms with E-state index in [2.05, 4.69) is 0 Å². The zero-order valence-electron chi connectivity index (χ0n) is 11.1. The maximum Gasteiger partial charge on any atom is 0.132 e. The third-order valence-corrected chi connectivity index (χ3v) is 2.91. The van der Waals surface area contributed by atoms with Gasteiger partial charge >= 0.3 is 0 Å². The van der Waals surface area contributed by atoms with Crippen molar-refractivity contribution in [3.05, 3.63) is 65.0 Å².